The first kappa shape index (κ1) is 13.3. The number of aliphatic imine (C=N–C) groups is 1. The summed E-state index contributed by atoms with van der Waals surface area (Å²) < 4.78 is 0. The van der Waals surface area contributed by atoms with Crippen LogP contribution in [0.5, 0.6) is 0 Å². The minimum absolute atomic E-state index is 0.945. The molecule has 1 fully saturated rings. The molecule has 0 spiro atoms. The zero-order valence-electron chi connectivity index (χ0n) is 11.8. The Morgan fingerprint density at radius 3 is 2.39 bits per heavy atom. The van der Waals surface area contributed by atoms with Gasteiger partial charge >= 0.3 is 0 Å². The molecule has 1 aliphatic rings. The quantitative estimate of drug-likeness (QED) is 0.675. The molecule has 0 bridgehead atoms. The molecule has 1 heteroatoms. The first-order valence-corrected chi connectivity index (χ1v) is 7.32. The molecule has 0 heterocycles. The van der Waals surface area contributed by atoms with Crippen LogP contribution in [0.3, 0.4) is 0 Å². The second kappa shape index (κ2) is 6.72. The van der Waals surface area contributed by atoms with Crippen molar-refractivity contribution in [2.75, 3.05) is 7.05 Å². The van der Waals surface area contributed by atoms with Crippen molar-refractivity contribution in [2.45, 2.75) is 51.9 Å². The number of benzene rings is 1. The van der Waals surface area contributed by atoms with E-state index < -0.39 is 0 Å². The van der Waals surface area contributed by atoms with Crippen LogP contribution in [0.1, 0.15) is 56.1 Å². The van der Waals surface area contributed by atoms with Crippen molar-refractivity contribution in [3.63, 3.8) is 0 Å². The van der Waals surface area contributed by atoms with Crippen LogP contribution in [0.25, 0.3) is 0 Å². The highest BCUT2D eigenvalue weighted by Gasteiger charge is 2.14. The number of hydrogen-bond acceptors (Lipinski definition) is 1. The predicted octanol–water partition coefficient (Wildman–Crippen LogP) is 4.77. The second-order valence-corrected chi connectivity index (χ2v) is 5.58. The van der Waals surface area contributed by atoms with Crippen LogP contribution in [-0.2, 0) is 0 Å². The van der Waals surface area contributed by atoms with Gasteiger partial charge in [-0.05, 0) is 31.2 Å². The summed E-state index contributed by atoms with van der Waals surface area (Å²) >= 11 is 0. The predicted molar refractivity (Wildman–Crippen MR) is 79.4 cm³/mol. The van der Waals surface area contributed by atoms with Crippen molar-refractivity contribution in [2.24, 2.45) is 10.9 Å². The standard InChI is InChI=1S/C17H25N/c1-14-8-11-16(12-9-14)17(18-2)13-10-15-6-4-3-5-7-15/h8-9,11-12,15H,3-7,10,13H2,1-2H3. The lowest BCUT2D eigenvalue weighted by molar-refractivity contribution is 0.343. The fourth-order valence-electron chi connectivity index (χ4n) is 2.95. The van der Waals surface area contributed by atoms with E-state index in [1.807, 2.05) is 7.05 Å². The third-order valence-electron chi connectivity index (χ3n) is 4.17. The van der Waals surface area contributed by atoms with Crippen LogP contribution in [0.2, 0.25) is 0 Å². The Bertz CT molecular complexity index is 383. The Labute approximate surface area is 111 Å². The molecule has 0 N–H and O–H groups in total. The summed E-state index contributed by atoms with van der Waals surface area (Å²) in [6.45, 7) is 2.13. The molecule has 2 rings (SSSR count). The van der Waals surface area contributed by atoms with Gasteiger partial charge in [-0.15, -0.1) is 0 Å². The zero-order chi connectivity index (χ0) is 12.8. The van der Waals surface area contributed by atoms with Gasteiger partial charge in [0.1, 0.15) is 0 Å². The van der Waals surface area contributed by atoms with Gasteiger partial charge in [-0.2, -0.15) is 0 Å². The Morgan fingerprint density at radius 1 is 1.11 bits per heavy atom. The first-order chi connectivity index (χ1) is 8.79. The van der Waals surface area contributed by atoms with E-state index in [1.54, 1.807) is 0 Å². The van der Waals surface area contributed by atoms with E-state index in [-0.39, 0.29) is 0 Å². The summed E-state index contributed by atoms with van der Waals surface area (Å²) in [6.07, 6.45) is 9.66. The summed E-state index contributed by atoms with van der Waals surface area (Å²) in [4.78, 5) is 4.49. The fourth-order valence-corrected chi connectivity index (χ4v) is 2.95. The largest absolute Gasteiger partial charge is 0.292 e. The van der Waals surface area contributed by atoms with E-state index in [2.05, 4.69) is 36.2 Å². The molecule has 0 atom stereocenters. The molecule has 98 valence electrons. The van der Waals surface area contributed by atoms with Crippen molar-refractivity contribution < 1.29 is 0 Å². The van der Waals surface area contributed by atoms with Crippen LogP contribution in [0, 0.1) is 12.8 Å². The molecule has 1 nitrogen and oxygen atoms in total. The van der Waals surface area contributed by atoms with Crippen LogP contribution in [0.4, 0.5) is 0 Å². The van der Waals surface area contributed by atoms with Gasteiger partial charge in [0.05, 0.1) is 0 Å². The molecule has 1 aromatic carbocycles. The number of aryl methyl sites for hydroxylation is 1. The van der Waals surface area contributed by atoms with Gasteiger partial charge < -0.3 is 0 Å². The maximum absolute atomic E-state index is 4.49. The van der Waals surface area contributed by atoms with Crippen LogP contribution >= 0.6 is 0 Å². The minimum Gasteiger partial charge on any atom is -0.292 e. The van der Waals surface area contributed by atoms with Gasteiger partial charge in [0, 0.05) is 12.8 Å². The third-order valence-corrected chi connectivity index (χ3v) is 4.17. The lowest BCUT2D eigenvalue weighted by atomic mass is 9.85. The van der Waals surface area contributed by atoms with Crippen molar-refractivity contribution in [3.05, 3.63) is 35.4 Å². The summed E-state index contributed by atoms with van der Waals surface area (Å²) in [5.41, 5.74) is 3.90. The molecule has 1 aromatic rings. The van der Waals surface area contributed by atoms with Crippen molar-refractivity contribution in [1.82, 2.24) is 0 Å². The highest BCUT2D eigenvalue weighted by Crippen LogP contribution is 2.27. The molecule has 0 unspecified atom stereocenters. The Balaban J connectivity index is 1.91. The molecule has 0 radical (unpaired) electrons. The molecule has 0 aliphatic heterocycles. The van der Waals surface area contributed by atoms with Gasteiger partial charge in [-0.25, -0.2) is 0 Å². The number of hydrogen-bond donors (Lipinski definition) is 0. The Hall–Kier alpha value is -1.11. The van der Waals surface area contributed by atoms with Gasteiger partial charge in [-0.3, -0.25) is 4.99 Å². The molecule has 0 aromatic heterocycles. The van der Waals surface area contributed by atoms with Crippen molar-refractivity contribution in [3.8, 4) is 0 Å². The average molecular weight is 243 g/mol. The summed E-state index contributed by atoms with van der Waals surface area (Å²) in [6, 6.07) is 8.78. The van der Waals surface area contributed by atoms with Crippen LogP contribution in [0.15, 0.2) is 29.3 Å². The van der Waals surface area contributed by atoms with E-state index >= 15 is 0 Å². The van der Waals surface area contributed by atoms with E-state index in [4.69, 9.17) is 0 Å². The summed E-state index contributed by atoms with van der Waals surface area (Å²) in [5.74, 6) is 0.945. The molecule has 1 saturated carbocycles. The number of nitrogens with zero attached hydrogens (tertiary/aromatic N) is 1. The molecule has 18 heavy (non-hydrogen) atoms. The second-order valence-electron chi connectivity index (χ2n) is 5.58. The van der Waals surface area contributed by atoms with Crippen molar-refractivity contribution >= 4 is 5.71 Å². The van der Waals surface area contributed by atoms with E-state index in [0.717, 1.165) is 12.3 Å². The molecular weight excluding hydrogens is 218 g/mol. The normalized spacial score (nSPS) is 18.0. The summed E-state index contributed by atoms with van der Waals surface area (Å²) in [5, 5.41) is 0. The topological polar surface area (TPSA) is 12.4 Å². The highest BCUT2D eigenvalue weighted by atomic mass is 14.7. The van der Waals surface area contributed by atoms with Gasteiger partial charge in [-0.1, -0.05) is 61.9 Å². The highest BCUT2D eigenvalue weighted by molar-refractivity contribution is 6.00. The van der Waals surface area contributed by atoms with E-state index in [0.29, 0.717) is 0 Å². The average Bonchev–Trinajstić information content (AvgIpc) is 2.42. The smallest absolute Gasteiger partial charge is 0.0417 e. The molecular formula is C17H25N. The number of rotatable bonds is 4. The minimum atomic E-state index is 0.945. The maximum Gasteiger partial charge on any atom is 0.0417 e. The summed E-state index contributed by atoms with van der Waals surface area (Å²) in [7, 11) is 1.93. The van der Waals surface area contributed by atoms with Crippen molar-refractivity contribution in [1.29, 1.82) is 0 Å². The van der Waals surface area contributed by atoms with Gasteiger partial charge in [0.25, 0.3) is 0 Å². The van der Waals surface area contributed by atoms with E-state index in [1.165, 1.54) is 55.4 Å². The molecule has 1 aliphatic carbocycles. The van der Waals surface area contributed by atoms with Crippen LogP contribution < -0.4 is 0 Å². The monoisotopic (exact) mass is 243 g/mol. The lowest BCUT2D eigenvalue weighted by Gasteiger charge is -2.21. The lowest BCUT2D eigenvalue weighted by Crippen LogP contribution is -2.09. The Morgan fingerprint density at radius 2 is 1.78 bits per heavy atom. The van der Waals surface area contributed by atoms with Gasteiger partial charge in [0.2, 0.25) is 0 Å². The zero-order valence-corrected chi connectivity index (χ0v) is 11.8. The molecule has 0 saturated heterocycles. The Kier molecular flexibility index (Phi) is 4.98. The maximum atomic E-state index is 4.49. The van der Waals surface area contributed by atoms with E-state index in [9.17, 15) is 0 Å². The SMILES string of the molecule is CN=C(CCC1CCCCC1)c1ccc(C)cc1. The van der Waals surface area contributed by atoms with Gasteiger partial charge in [0.15, 0.2) is 0 Å². The van der Waals surface area contributed by atoms with Crippen LogP contribution in [-0.4, -0.2) is 12.8 Å². The molecule has 0 amide bonds. The first-order valence-electron chi connectivity index (χ1n) is 7.32. The third kappa shape index (κ3) is 3.69. The fraction of sp³-hybridized carbons (Fsp3) is 0.588.